The topological polar surface area (TPSA) is 40.5 Å². The molecule has 0 saturated heterocycles. The predicted molar refractivity (Wildman–Crippen MR) is 68.7 cm³/mol. The van der Waals surface area contributed by atoms with Crippen LogP contribution >= 0.6 is 0 Å². The lowest BCUT2D eigenvalue weighted by Gasteiger charge is -2.36. The van der Waals surface area contributed by atoms with E-state index in [-0.39, 0.29) is 0 Å². The fourth-order valence-corrected chi connectivity index (χ4v) is 3.99. The Kier molecular flexibility index (Phi) is 6.07. The molecule has 0 unspecified atom stereocenters. The fourth-order valence-electron chi connectivity index (χ4n) is 1.98. The quantitative estimate of drug-likeness (QED) is 0.523. The van der Waals surface area contributed by atoms with Crippen molar-refractivity contribution in [2.24, 2.45) is 0 Å². The van der Waals surface area contributed by atoms with Gasteiger partial charge >= 0.3 is 0 Å². The van der Waals surface area contributed by atoms with Crippen molar-refractivity contribution in [3.63, 3.8) is 0 Å². The minimum atomic E-state index is -1.66. The van der Waals surface area contributed by atoms with Gasteiger partial charge in [-0.3, -0.25) is 0 Å². The molecule has 2 atom stereocenters. The predicted octanol–water partition coefficient (Wildman–Crippen LogP) is 2.95. The number of hydrogen-bond donors (Lipinski definition) is 2. The summed E-state index contributed by atoms with van der Waals surface area (Å²) in [5, 5.41) is 20.3. The average Bonchev–Trinajstić information content (AvgIpc) is 2.10. The molecular weight excluding hydrogens is 204 g/mol. The van der Waals surface area contributed by atoms with E-state index in [1.165, 1.54) is 12.8 Å². The Labute approximate surface area is 95.7 Å². The third-order valence-corrected chi connectivity index (χ3v) is 5.21. The highest BCUT2D eigenvalue weighted by Gasteiger charge is 2.39. The summed E-state index contributed by atoms with van der Waals surface area (Å²) < 4.78 is 0. The fraction of sp³-hybridized carbons (Fsp3) is 1.00. The van der Waals surface area contributed by atoms with Crippen LogP contribution in [0.1, 0.15) is 46.0 Å². The maximum Gasteiger partial charge on any atom is 0.0847 e. The lowest BCUT2D eigenvalue weighted by atomic mass is 9.99. The first kappa shape index (κ1) is 15.1. The van der Waals surface area contributed by atoms with Gasteiger partial charge in [0.05, 0.1) is 19.4 Å². The van der Waals surface area contributed by atoms with Crippen molar-refractivity contribution in [2.45, 2.75) is 76.9 Å². The van der Waals surface area contributed by atoms with Gasteiger partial charge in [0.25, 0.3) is 0 Å². The SMILES string of the molecule is CCCCCC[C@](C)(O)[C@@H](O)[Si](C)(C)C. The zero-order chi connectivity index (χ0) is 12.1. The van der Waals surface area contributed by atoms with Crippen LogP contribution in [0.2, 0.25) is 19.6 Å². The first-order chi connectivity index (χ1) is 6.72. The van der Waals surface area contributed by atoms with Crippen LogP contribution in [0.25, 0.3) is 0 Å². The van der Waals surface area contributed by atoms with Gasteiger partial charge in [0.2, 0.25) is 0 Å². The Morgan fingerprint density at radius 3 is 2.07 bits per heavy atom. The van der Waals surface area contributed by atoms with Gasteiger partial charge in [-0.15, -0.1) is 0 Å². The van der Waals surface area contributed by atoms with Crippen LogP contribution in [0.5, 0.6) is 0 Å². The zero-order valence-corrected chi connectivity index (χ0v) is 12.0. The molecule has 0 bridgehead atoms. The molecule has 0 amide bonds. The molecule has 0 rings (SSSR count). The summed E-state index contributed by atoms with van der Waals surface area (Å²) in [6.07, 6.45) is 5.32. The third-order valence-electron chi connectivity index (χ3n) is 2.95. The van der Waals surface area contributed by atoms with E-state index in [0.29, 0.717) is 0 Å². The second kappa shape index (κ2) is 6.02. The summed E-state index contributed by atoms with van der Waals surface area (Å²) >= 11 is 0. The second-order valence-corrected chi connectivity index (χ2v) is 11.2. The minimum absolute atomic E-state index is 0.522. The molecule has 3 heteroatoms. The lowest BCUT2D eigenvalue weighted by Crippen LogP contribution is -2.53. The van der Waals surface area contributed by atoms with Crippen molar-refractivity contribution in [2.75, 3.05) is 0 Å². The maximum atomic E-state index is 10.2. The minimum Gasteiger partial charge on any atom is -0.394 e. The smallest absolute Gasteiger partial charge is 0.0847 e. The Morgan fingerprint density at radius 2 is 1.67 bits per heavy atom. The zero-order valence-electron chi connectivity index (χ0n) is 11.0. The molecule has 0 aliphatic rings. The molecule has 0 aliphatic carbocycles. The third kappa shape index (κ3) is 5.69. The summed E-state index contributed by atoms with van der Waals surface area (Å²) in [6, 6.07) is 0. The normalized spacial score (nSPS) is 18.6. The maximum absolute atomic E-state index is 10.2. The van der Waals surface area contributed by atoms with Crippen molar-refractivity contribution in [3.8, 4) is 0 Å². The molecule has 0 fully saturated rings. The number of hydrogen-bond acceptors (Lipinski definition) is 2. The molecule has 0 saturated carbocycles. The number of aliphatic hydroxyl groups is 2. The van der Waals surface area contributed by atoms with Gasteiger partial charge in [-0.2, -0.15) is 0 Å². The number of unbranched alkanes of at least 4 members (excludes halogenated alkanes) is 3. The molecule has 0 heterocycles. The summed E-state index contributed by atoms with van der Waals surface area (Å²) in [6.45, 7) is 10.2. The van der Waals surface area contributed by atoms with Crippen molar-refractivity contribution in [1.29, 1.82) is 0 Å². The molecule has 0 aromatic heterocycles. The Hall–Kier alpha value is 0.137. The lowest BCUT2D eigenvalue weighted by molar-refractivity contribution is -0.0342. The Morgan fingerprint density at radius 1 is 1.13 bits per heavy atom. The van der Waals surface area contributed by atoms with Crippen LogP contribution in [0.15, 0.2) is 0 Å². The standard InChI is InChI=1S/C12H28O2Si/c1-6-7-8-9-10-12(2,14)11(13)15(3,4)5/h11,13-14H,6-10H2,1-5H3/t11-,12-/m0/s1. The van der Waals surface area contributed by atoms with Crippen LogP contribution in [0, 0.1) is 0 Å². The van der Waals surface area contributed by atoms with Gasteiger partial charge in [-0.1, -0.05) is 52.2 Å². The number of rotatable bonds is 7. The van der Waals surface area contributed by atoms with Crippen LogP contribution in [0.3, 0.4) is 0 Å². The summed E-state index contributed by atoms with van der Waals surface area (Å²) in [5.74, 6) is 0. The summed E-state index contributed by atoms with van der Waals surface area (Å²) in [7, 11) is -1.66. The van der Waals surface area contributed by atoms with E-state index >= 15 is 0 Å². The van der Waals surface area contributed by atoms with Crippen molar-refractivity contribution < 1.29 is 10.2 Å². The van der Waals surface area contributed by atoms with E-state index in [9.17, 15) is 10.2 Å². The van der Waals surface area contributed by atoms with E-state index in [2.05, 4.69) is 26.6 Å². The molecule has 2 nitrogen and oxygen atoms in total. The van der Waals surface area contributed by atoms with Crippen molar-refractivity contribution >= 4 is 8.07 Å². The van der Waals surface area contributed by atoms with Crippen LogP contribution in [0.4, 0.5) is 0 Å². The highest BCUT2D eigenvalue weighted by molar-refractivity contribution is 6.77. The van der Waals surface area contributed by atoms with Crippen LogP contribution in [-0.4, -0.2) is 29.6 Å². The average molecular weight is 232 g/mol. The Bertz CT molecular complexity index is 173. The van der Waals surface area contributed by atoms with Gasteiger partial charge in [-0.05, 0) is 13.3 Å². The van der Waals surface area contributed by atoms with Crippen molar-refractivity contribution in [3.05, 3.63) is 0 Å². The van der Waals surface area contributed by atoms with Gasteiger partial charge < -0.3 is 10.2 Å². The van der Waals surface area contributed by atoms with Gasteiger partial charge in [0.15, 0.2) is 0 Å². The molecule has 15 heavy (non-hydrogen) atoms. The largest absolute Gasteiger partial charge is 0.394 e. The molecular formula is C12H28O2Si. The summed E-state index contributed by atoms with van der Waals surface area (Å²) in [4.78, 5) is 0. The van der Waals surface area contributed by atoms with Crippen molar-refractivity contribution in [1.82, 2.24) is 0 Å². The molecule has 0 aliphatic heterocycles. The Balaban J connectivity index is 4.05. The first-order valence-corrected chi connectivity index (χ1v) is 9.70. The summed E-state index contributed by atoms with van der Waals surface area (Å²) in [5.41, 5.74) is -1.41. The van der Waals surface area contributed by atoms with Gasteiger partial charge in [-0.25, -0.2) is 0 Å². The molecule has 92 valence electrons. The molecule has 2 N–H and O–H groups in total. The molecule has 0 spiro atoms. The monoisotopic (exact) mass is 232 g/mol. The van der Waals surface area contributed by atoms with Gasteiger partial charge in [0.1, 0.15) is 0 Å². The van der Waals surface area contributed by atoms with E-state index in [1.54, 1.807) is 6.92 Å². The first-order valence-electron chi connectivity index (χ1n) is 6.12. The highest BCUT2D eigenvalue weighted by atomic mass is 28.3. The van der Waals surface area contributed by atoms with Crippen LogP contribution < -0.4 is 0 Å². The number of aliphatic hydroxyl groups excluding tert-OH is 1. The van der Waals surface area contributed by atoms with Gasteiger partial charge in [0, 0.05) is 0 Å². The molecule has 0 aromatic rings. The van der Waals surface area contributed by atoms with E-state index < -0.39 is 19.4 Å². The molecule has 0 radical (unpaired) electrons. The van der Waals surface area contributed by atoms with E-state index in [0.717, 1.165) is 19.3 Å². The van der Waals surface area contributed by atoms with E-state index in [1.807, 2.05) is 0 Å². The van der Waals surface area contributed by atoms with E-state index in [4.69, 9.17) is 0 Å². The highest BCUT2D eigenvalue weighted by Crippen LogP contribution is 2.25. The van der Waals surface area contributed by atoms with Crippen LogP contribution in [-0.2, 0) is 0 Å². The molecule has 0 aromatic carbocycles. The second-order valence-electron chi connectivity index (χ2n) is 5.94.